The minimum Gasteiger partial charge on any atom is -0.379 e. The predicted octanol–water partition coefficient (Wildman–Crippen LogP) is 2.95. The lowest BCUT2D eigenvalue weighted by Gasteiger charge is -2.10. The zero-order valence-corrected chi connectivity index (χ0v) is 13.1. The maximum Gasteiger partial charge on any atom is 0.227 e. The van der Waals surface area contributed by atoms with Crippen molar-refractivity contribution >= 4 is 34.7 Å². The Kier molecular flexibility index (Phi) is 5.03. The fourth-order valence-corrected chi connectivity index (χ4v) is 3.45. The van der Waals surface area contributed by atoms with Gasteiger partial charge < -0.3 is 11.1 Å². The van der Waals surface area contributed by atoms with E-state index < -0.39 is 0 Å². The molecule has 4 nitrogen and oxygen atoms in total. The first-order valence-corrected chi connectivity index (χ1v) is 8.03. The number of anilines is 1. The largest absolute Gasteiger partial charge is 0.379 e. The number of para-hydroxylation sites is 1. The second-order valence-corrected chi connectivity index (χ2v) is 6.65. The number of benzene rings is 1. The second kappa shape index (κ2) is 6.76. The summed E-state index contributed by atoms with van der Waals surface area (Å²) >= 11 is 3.15. The van der Waals surface area contributed by atoms with E-state index >= 15 is 0 Å². The molecular formula is C14H17N3OS2. The van der Waals surface area contributed by atoms with Gasteiger partial charge in [0.2, 0.25) is 5.91 Å². The molecule has 1 heterocycles. The first-order chi connectivity index (χ1) is 9.56. The molecule has 0 bridgehead atoms. The Morgan fingerprint density at radius 1 is 1.40 bits per heavy atom. The van der Waals surface area contributed by atoms with E-state index in [-0.39, 0.29) is 11.7 Å². The van der Waals surface area contributed by atoms with E-state index in [4.69, 9.17) is 5.73 Å². The van der Waals surface area contributed by atoms with Gasteiger partial charge in [0.25, 0.3) is 0 Å². The van der Waals surface area contributed by atoms with Crippen molar-refractivity contribution in [3.63, 3.8) is 0 Å². The molecule has 0 aliphatic heterocycles. The lowest BCUT2D eigenvalue weighted by atomic mass is 10.3. The van der Waals surface area contributed by atoms with Crippen LogP contribution in [-0.4, -0.2) is 16.6 Å². The Bertz CT molecular complexity index is 610. The first kappa shape index (κ1) is 14.9. The predicted molar refractivity (Wildman–Crippen MR) is 85.3 cm³/mol. The highest BCUT2D eigenvalue weighted by Crippen LogP contribution is 2.28. The van der Waals surface area contributed by atoms with Crippen molar-refractivity contribution < 1.29 is 4.79 Å². The van der Waals surface area contributed by atoms with E-state index in [2.05, 4.69) is 10.3 Å². The Hall–Kier alpha value is -1.53. The number of carbonyl (C=O) groups excluding carboxylic acids is 1. The number of nitrogens with two attached hydrogens (primary N) is 1. The SMILES string of the molecule is Cc1nc(C)c(CNc2ccccc2SCC(N)=O)s1. The number of thioether (sulfide) groups is 1. The number of nitrogens with one attached hydrogen (secondary N) is 1. The highest BCUT2D eigenvalue weighted by atomic mass is 32.2. The van der Waals surface area contributed by atoms with Crippen LogP contribution in [0.1, 0.15) is 15.6 Å². The van der Waals surface area contributed by atoms with Gasteiger partial charge in [-0.3, -0.25) is 4.79 Å². The molecule has 20 heavy (non-hydrogen) atoms. The molecule has 0 fully saturated rings. The maximum absolute atomic E-state index is 10.9. The van der Waals surface area contributed by atoms with Crippen LogP contribution < -0.4 is 11.1 Å². The van der Waals surface area contributed by atoms with Gasteiger partial charge in [0, 0.05) is 15.5 Å². The maximum atomic E-state index is 10.9. The second-order valence-electron chi connectivity index (χ2n) is 4.35. The number of aromatic nitrogens is 1. The van der Waals surface area contributed by atoms with Crippen molar-refractivity contribution in [2.45, 2.75) is 25.3 Å². The molecule has 0 unspecified atom stereocenters. The molecule has 106 valence electrons. The zero-order valence-electron chi connectivity index (χ0n) is 11.5. The fourth-order valence-electron chi connectivity index (χ4n) is 1.80. The van der Waals surface area contributed by atoms with Crippen LogP contribution in [0, 0.1) is 13.8 Å². The van der Waals surface area contributed by atoms with E-state index in [0.29, 0.717) is 0 Å². The highest BCUT2D eigenvalue weighted by Gasteiger charge is 2.07. The lowest BCUT2D eigenvalue weighted by molar-refractivity contribution is -0.115. The molecule has 2 rings (SSSR count). The summed E-state index contributed by atoms with van der Waals surface area (Å²) in [5, 5.41) is 4.48. The molecule has 3 N–H and O–H groups in total. The summed E-state index contributed by atoms with van der Waals surface area (Å²) in [6.07, 6.45) is 0. The van der Waals surface area contributed by atoms with E-state index in [1.54, 1.807) is 11.3 Å². The summed E-state index contributed by atoms with van der Waals surface area (Å²) in [5.41, 5.74) is 7.28. The van der Waals surface area contributed by atoms with E-state index in [1.165, 1.54) is 16.6 Å². The molecule has 0 aliphatic rings. The number of primary amides is 1. The van der Waals surface area contributed by atoms with E-state index in [0.717, 1.165) is 27.8 Å². The Balaban J connectivity index is 2.05. The number of thiazole rings is 1. The summed E-state index contributed by atoms with van der Waals surface area (Å²) in [4.78, 5) is 17.6. The van der Waals surface area contributed by atoms with E-state index in [1.807, 2.05) is 38.1 Å². The number of amides is 1. The zero-order chi connectivity index (χ0) is 14.5. The Labute approximate surface area is 126 Å². The number of nitrogens with zero attached hydrogens (tertiary/aromatic N) is 1. The van der Waals surface area contributed by atoms with Crippen LogP contribution in [0.2, 0.25) is 0 Å². The summed E-state index contributed by atoms with van der Waals surface area (Å²) < 4.78 is 0. The smallest absolute Gasteiger partial charge is 0.227 e. The molecular weight excluding hydrogens is 290 g/mol. The molecule has 0 radical (unpaired) electrons. The van der Waals surface area contributed by atoms with Crippen molar-refractivity contribution in [2.75, 3.05) is 11.1 Å². The summed E-state index contributed by atoms with van der Waals surface area (Å²) in [5.74, 6) is -0.0177. The molecule has 0 spiro atoms. The van der Waals surface area contributed by atoms with Gasteiger partial charge in [-0.2, -0.15) is 0 Å². The Morgan fingerprint density at radius 2 is 2.15 bits per heavy atom. The van der Waals surface area contributed by atoms with Crippen molar-refractivity contribution in [3.05, 3.63) is 39.8 Å². The molecule has 0 saturated carbocycles. The van der Waals surface area contributed by atoms with Crippen molar-refractivity contribution in [3.8, 4) is 0 Å². The van der Waals surface area contributed by atoms with Crippen LogP contribution in [0.4, 0.5) is 5.69 Å². The monoisotopic (exact) mass is 307 g/mol. The normalized spacial score (nSPS) is 10.5. The minimum atomic E-state index is -0.307. The van der Waals surface area contributed by atoms with Gasteiger partial charge in [-0.05, 0) is 26.0 Å². The first-order valence-electron chi connectivity index (χ1n) is 6.23. The number of carbonyl (C=O) groups is 1. The average Bonchev–Trinajstić information content (AvgIpc) is 2.73. The summed E-state index contributed by atoms with van der Waals surface area (Å²) in [6, 6.07) is 7.92. The third kappa shape index (κ3) is 3.98. The van der Waals surface area contributed by atoms with Gasteiger partial charge in [0.1, 0.15) is 0 Å². The van der Waals surface area contributed by atoms with E-state index in [9.17, 15) is 4.79 Å². The number of hydrogen-bond acceptors (Lipinski definition) is 5. The molecule has 0 atom stereocenters. The van der Waals surface area contributed by atoms with Gasteiger partial charge in [0.05, 0.1) is 23.0 Å². The highest BCUT2D eigenvalue weighted by molar-refractivity contribution is 8.00. The van der Waals surface area contributed by atoms with Crippen LogP contribution in [0.5, 0.6) is 0 Å². The molecule has 0 saturated heterocycles. The Morgan fingerprint density at radius 3 is 2.80 bits per heavy atom. The quantitative estimate of drug-likeness (QED) is 0.805. The van der Waals surface area contributed by atoms with Gasteiger partial charge in [-0.25, -0.2) is 4.98 Å². The van der Waals surface area contributed by atoms with Crippen molar-refractivity contribution in [1.29, 1.82) is 0 Å². The number of hydrogen-bond donors (Lipinski definition) is 2. The van der Waals surface area contributed by atoms with Crippen LogP contribution in [-0.2, 0) is 11.3 Å². The lowest BCUT2D eigenvalue weighted by Crippen LogP contribution is -2.13. The van der Waals surface area contributed by atoms with Crippen molar-refractivity contribution in [1.82, 2.24) is 4.98 Å². The van der Waals surface area contributed by atoms with Crippen LogP contribution >= 0.6 is 23.1 Å². The summed E-state index contributed by atoms with van der Waals surface area (Å²) in [6.45, 7) is 4.78. The van der Waals surface area contributed by atoms with Gasteiger partial charge >= 0.3 is 0 Å². The fraction of sp³-hybridized carbons (Fsp3) is 0.286. The van der Waals surface area contributed by atoms with Gasteiger partial charge in [-0.1, -0.05) is 12.1 Å². The van der Waals surface area contributed by atoms with Crippen LogP contribution in [0.25, 0.3) is 0 Å². The third-order valence-electron chi connectivity index (χ3n) is 2.70. The molecule has 0 aliphatic carbocycles. The van der Waals surface area contributed by atoms with Gasteiger partial charge in [-0.15, -0.1) is 23.1 Å². The molecule has 1 aromatic heterocycles. The number of aryl methyl sites for hydroxylation is 2. The third-order valence-corrected chi connectivity index (χ3v) is 4.86. The average molecular weight is 307 g/mol. The van der Waals surface area contributed by atoms with Gasteiger partial charge in [0.15, 0.2) is 0 Å². The topological polar surface area (TPSA) is 68.0 Å². The van der Waals surface area contributed by atoms with Crippen molar-refractivity contribution in [2.24, 2.45) is 5.73 Å². The standard InChI is InChI=1S/C14H17N3OS2/c1-9-13(20-10(2)17-9)7-16-11-5-3-4-6-12(11)19-8-14(15)18/h3-6,16H,7-8H2,1-2H3,(H2,15,18). The van der Waals surface area contributed by atoms with Crippen LogP contribution in [0.15, 0.2) is 29.2 Å². The molecule has 1 aromatic carbocycles. The van der Waals surface area contributed by atoms with Crippen LogP contribution in [0.3, 0.4) is 0 Å². The molecule has 2 aromatic rings. The molecule has 6 heteroatoms. The minimum absolute atomic E-state index is 0.289. The molecule has 1 amide bonds. The summed E-state index contributed by atoms with van der Waals surface area (Å²) in [7, 11) is 0. The number of rotatable bonds is 6.